The van der Waals surface area contributed by atoms with Crippen LogP contribution >= 0.6 is 11.6 Å². The predicted molar refractivity (Wildman–Crippen MR) is 94.0 cm³/mol. The van der Waals surface area contributed by atoms with E-state index in [1.165, 1.54) is 0 Å². The summed E-state index contributed by atoms with van der Waals surface area (Å²) in [6.07, 6.45) is 1.17. The van der Waals surface area contributed by atoms with Crippen molar-refractivity contribution >= 4 is 17.5 Å². The van der Waals surface area contributed by atoms with E-state index in [0.717, 1.165) is 28.9 Å². The lowest BCUT2D eigenvalue weighted by atomic mass is 10.1. The average Bonchev–Trinajstić information content (AvgIpc) is 2.55. The van der Waals surface area contributed by atoms with Gasteiger partial charge in [0.25, 0.3) is 0 Å². The van der Waals surface area contributed by atoms with Crippen molar-refractivity contribution in [1.82, 2.24) is 5.32 Å². The molecule has 0 unspecified atom stereocenters. The average molecular weight is 332 g/mol. The van der Waals surface area contributed by atoms with Gasteiger partial charge in [0.05, 0.1) is 6.42 Å². The largest absolute Gasteiger partial charge is 0.489 e. The van der Waals surface area contributed by atoms with Crippen molar-refractivity contribution in [3.05, 3.63) is 65.2 Å². The van der Waals surface area contributed by atoms with Crippen LogP contribution in [0.1, 0.15) is 23.1 Å². The highest BCUT2D eigenvalue weighted by atomic mass is 35.5. The predicted octanol–water partition coefficient (Wildman–Crippen LogP) is 3.86. The molecule has 0 spiro atoms. The van der Waals surface area contributed by atoms with E-state index in [9.17, 15) is 4.79 Å². The van der Waals surface area contributed by atoms with Crippen molar-refractivity contribution in [2.45, 2.75) is 26.4 Å². The lowest BCUT2D eigenvalue weighted by Crippen LogP contribution is -2.26. The van der Waals surface area contributed by atoms with Gasteiger partial charge in [0.1, 0.15) is 12.4 Å². The lowest BCUT2D eigenvalue weighted by Gasteiger charge is -2.11. The van der Waals surface area contributed by atoms with E-state index >= 15 is 0 Å². The second-order valence-electron chi connectivity index (χ2n) is 5.44. The summed E-state index contributed by atoms with van der Waals surface area (Å²) in [7, 11) is 0. The Morgan fingerprint density at radius 1 is 1.13 bits per heavy atom. The summed E-state index contributed by atoms with van der Waals surface area (Å²) in [5.74, 6) is 1.43. The van der Waals surface area contributed by atoms with Gasteiger partial charge in [-0.1, -0.05) is 42.5 Å². The maximum absolute atomic E-state index is 11.8. The Balaban J connectivity index is 1.88. The number of aryl methyl sites for hydroxylation is 1. The number of benzene rings is 2. The monoisotopic (exact) mass is 331 g/mol. The first-order valence-electron chi connectivity index (χ1n) is 7.78. The number of hydrogen-bond donors (Lipinski definition) is 1. The molecule has 0 fully saturated rings. The van der Waals surface area contributed by atoms with Crippen LogP contribution in [0, 0.1) is 6.92 Å². The van der Waals surface area contributed by atoms with Crippen molar-refractivity contribution in [2.75, 3.05) is 12.4 Å². The molecule has 0 aliphatic heterocycles. The highest BCUT2D eigenvalue weighted by molar-refractivity contribution is 6.17. The maximum atomic E-state index is 11.8. The van der Waals surface area contributed by atoms with Crippen molar-refractivity contribution in [3.63, 3.8) is 0 Å². The molecule has 4 heteroatoms. The van der Waals surface area contributed by atoms with Crippen molar-refractivity contribution in [3.8, 4) is 5.75 Å². The summed E-state index contributed by atoms with van der Waals surface area (Å²) in [5.41, 5.74) is 3.15. The highest BCUT2D eigenvalue weighted by Gasteiger charge is 2.06. The summed E-state index contributed by atoms with van der Waals surface area (Å²) in [6.45, 7) is 3.16. The molecule has 0 saturated carbocycles. The number of carbonyl (C=O) groups excluding carboxylic acids is 1. The SMILES string of the molecule is Cc1cc(CC(=O)NCCCCl)ccc1OCc1ccccc1. The Morgan fingerprint density at radius 2 is 1.91 bits per heavy atom. The third-order valence-corrected chi connectivity index (χ3v) is 3.74. The van der Waals surface area contributed by atoms with E-state index in [-0.39, 0.29) is 5.91 Å². The van der Waals surface area contributed by atoms with Gasteiger partial charge < -0.3 is 10.1 Å². The van der Waals surface area contributed by atoms with E-state index in [1.54, 1.807) is 0 Å². The molecule has 2 aromatic rings. The van der Waals surface area contributed by atoms with Gasteiger partial charge in [-0.05, 0) is 36.1 Å². The minimum Gasteiger partial charge on any atom is -0.489 e. The molecular formula is C19H22ClNO2. The minimum atomic E-state index is 0.0208. The molecule has 0 heterocycles. The number of alkyl halides is 1. The molecule has 3 nitrogen and oxygen atoms in total. The molecule has 0 bridgehead atoms. The second kappa shape index (κ2) is 9.21. The quantitative estimate of drug-likeness (QED) is 0.589. The Labute approximate surface area is 142 Å². The fourth-order valence-corrected chi connectivity index (χ4v) is 2.39. The Bertz CT molecular complexity index is 629. The fourth-order valence-electron chi connectivity index (χ4n) is 2.26. The lowest BCUT2D eigenvalue weighted by molar-refractivity contribution is -0.120. The van der Waals surface area contributed by atoms with E-state index in [2.05, 4.69) is 5.32 Å². The van der Waals surface area contributed by atoms with Crippen LogP contribution in [0.4, 0.5) is 0 Å². The van der Waals surface area contributed by atoms with Gasteiger partial charge in [-0.15, -0.1) is 11.6 Å². The molecule has 1 N–H and O–H groups in total. The van der Waals surface area contributed by atoms with Gasteiger partial charge in [-0.3, -0.25) is 4.79 Å². The Morgan fingerprint density at radius 3 is 2.61 bits per heavy atom. The topological polar surface area (TPSA) is 38.3 Å². The van der Waals surface area contributed by atoms with Gasteiger partial charge in [-0.2, -0.15) is 0 Å². The summed E-state index contributed by atoms with van der Waals surface area (Å²) in [6, 6.07) is 15.9. The summed E-state index contributed by atoms with van der Waals surface area (Å²) in [4.78, 5) is 11.8. The second-order valence-corrected chi connectivity index (χ2v) is 5.82. The Kier molecular flexibility index (Phi) is 6.95. The number of rotatable bonds is 8. The smallest absolute Gasteiger partial charge is 0.224 e. The van der Waals surface area contributed by atoms with Crippen LogP contribution < -0.4 is 10.1 Å². The van der Waals surface area contributed by atoms with Crippen LogP contribution in [0.25, 0.3) is 0 Å². The summed E-state index contributed by atoms with van der Waals surface area (Å²) >= 11 is 5.59. The first kappa shape index (κ1) is 17.4. The van der Waals surface area contributed by atoms with Crippen LogP contribution in [-0.2, 0) is 17.8 Å². The highest BCUT2D eigenvalue weighted by Crippen LogP contribution is 2.20. The van der Waals surface area contributed by atoms with Crippen LogP contribution in [0.5, 0.6) is 5.75 Å². The molecule has 0 saturated heterocycles. The van der Waals surface area contributed by atoms with Crippen LogP contribution in [-0.4, -0.2) is 18.3 Å². The molecule has 0 atom stereocenters. The molecule has 0 aliphatic carbocycles. The molecule has 23 heavy (non-hydrogen) atoms. The Hall–Kier alpha value is -2.00. The molecule has 0 aliphatic rings. The summed E-state index contributed by atoms with van der Waals surface area (Å²) in [5, 5.41) is 2.86. The first-order valence-corrected chi connectivity index (χ1v) is 8.31. The normalized spacial score (nSPS) is 10.3. The minimum absolute atomic E-state index is 0.0208. The van der Waals surface area contributed by atoms with E-state index in [0.29, 0.717) is 25.5 Å². The van der Waals surface area contributed by atoms with Gasteiger partial charge >= 0.3 is 0 Å². The molecule has 1 amide bonds. The number of hydrogen-bond acceptors (Lipinski definition) is 2. The number of ether oxygens (including phenoxy) is 1. The zero-order valence-corrected chi connectivity index (χ0v) is 14.1. The molecular weight excluding hydrogens is 310 g/mol. The number of amides is 1. The van der Waals surface area contributed by atoms with Crippen LogP contribution in [0.3, 0.4) is 0 Å². The third kappa shape index (κ3) is 5.95. The van der Waals surface area contributed by atoms with Crippen molar-refractivity contribution in [1.29, 1.82) is 0 Å². The number of halogens is 1. The van der Waals surface area contributed by atoms with E-state index in [4.69, 9.17) is 16.3 Å². The number of nitrogens with one attached hydrogen (secondary N) is 1. The fraction of sp³-hybridized carbons (Fsp3) is 0.316. The van der Waals surface area contributed by atoms with Gasteiger partial charge in [0, 0.05) is 12.4 Å². The molecule has 0 aromatic heterocycles. The van der Waals surface area contributed by atoms with Crippen LogP contribution in [0.15, 0.2) is 48.5 Å². The first-order chi connectivity index (χ1) is 11.2. The van der Waals surface area contributed by atoms with Crippen molar-refractivity contribution in [2.24, 2.45) is 0 Å². The molecule has 2 aromatic carbocycles. The van der Waals surface area contributed by atoms with Gasteiger partial charge in [-0.25, -0.2) is 0 Å². The van der Waals surface area contributed by atoms with Crippen molar-refractivity contribution < 1.29 is 9.53 Å². The summed E-state index contributed by atoms with van der Waals surface area (Å²) < 4.78 is 5.85. The molecule has 122 valence electrons. The molecule has 2 rings (SSSR count). The number of carbonyl (C=O) groups is 1. The van der Waals surface area contributed by atoms with Gasteiger partial charge in [0.2, 0.25) is 5.91 Å². The van der Waals surface area contributed by atoms with E-state index in [1.807, 2.05) is 55.5 Å². The zero-order chi connectivity index (χ0) is 16.5. The molecule has 0 radical (unpaired) electrons. The van der Waals surface area contributed by atoms with Crippen LogP contribution in [0.2, 0.25) is 0 Å². The van der Waals surface area contributed by atoms with E-state index < -0.39 is 0 Å². The third-order valence-electron chi connectivity index (χ3n) is 3.47. The van der Waals surface area contributed by atoms with Gasteiger partial charge in [0.15, 0.2) is 0 Å². The maximum Gasteiger partial charge on any atom is 0.224 e. The standard InChI is InChI=1S/C19H22ClNO2/c1-15-12-17(13-19(22)21-11-5-10-20)8-9-18(15)23-14-16-6-3-2-4-7-16/h2-4,6-9,12H,5,10-11,13-14H2,1H3,(H,21,22). The zero-order valence-electron chi connectivity index (χ0n) is 13.3.